The fourth-order valence-electron chi connectivity index (χ4n) is 4.48. The van der Waals surface area contributed by atoms with E-state index < -0.39 is 17.6 Å². The Balaban J connectivity index is 1.35. The number of hydrogen-bond donors (Lipinski definition) is 2. The number of alkyl halides is 4. The Morgan fingerprint density at radius 2 is 1.90 bits per heavy atom. The van der Waals surface area contributed by atoms with Crippen molar-refractivity contribution < 1.29 is 27.2 Å². The molecule has 4 aromatic rings. The number of fused-ring (bicyclic) bond motifs is 1. The van der Waals surface area contributed by atoms with Crippen LogP contribution in [0.4, 0.5) is 19.0 Å². The van der Waals surface area contributed by atoms with Gasteiger partial charge in [0.05, 0.1) is 17.5 Å². The first-order valence-corrected chi connectivity index (χ1v) is 12.9. The average molecular weight is 569 g/mol. The van der Waals surface area contributed by atoms with Crippen LogP contribution in [0.15, 0.2) is 71.3 Å². The molecule has 2 aromatic carbocycles. The molecule has 3 heterocycles. The normalized spacial score (nSPS) is 15.7. The fraction of sp³-hybridized carbons (Fsp3) is 0.207. The smallest absolute Gasteiger partial charge is 0.420 e. The van der Waals surface area contributed by atoms with Crippen LogP contribution in [0.2, 0.25) is 0 Å². The van der Waals surface area contributed by atoms with E-state index in [1.165, 1.54) is 24.4 Å². The van der Waals surface area contributed by atoms with Crippen LogP contribution in [0.25, 0.3) is 28.2 Å². The second-order valence-corrected chi connectivity index (χ2v) is 10.1. The molecule has 0 spiro atoms. The number of pyridine rings is 1. The van der Waals surface area contributed by atoms with Crippen molar-refractivity contribution in [1.82, 2.24) is 15.2 Å². The van der Waals surface area contributed by atoms with Gasteiger partial charge in [-0.2, -0.15) is 13.2 Å². The lowest BCUT2D eigenvalue weighted by atomic mass is 9.99. The van der Waals surface area contributed by atoms with Crippen molar-refractivity contribution in [2.24, 2.45) is 0 Å². The number of rotatable bonds is 6. The minimum absolute atomic E-state index is 0.0764. The molecule has 1 atom stereocenters. The number of carbonyl (C=O) groups is 2. The predicted octanol–water partition coefficient (Wildman–Crippen LogP) is 5.88. The number of nitrogens with one attached hydrogen (secondary N) is 1. The summed E-state index contributed by atoms with van der Waals surface area (Å²) in [5.74, 6) is -0.109. The number of amides is 2. The van der Waals surface area contributed by atoms with Crippen LogP contribution in [0.3, 0.4) is 0 Å². The fourth-order valence-corrected chi connectivity index (χ4v) is 4.75. The standard InChI is InChI=1S/C29H24ClF3N4O3/c30-22-9-10-37(16-22)28(39)19-5-3-18(4-6-19)20-11-21-12-23(40-27(21)24(13-20)29(31,32)33)15-36-26(38)8-2-17-1-7-25(34)35-14-17/h1-8,11-14,22H,9-10,15-16H2,(H2,34,35)(H,36,38). The van der Waals surface area contributed by atoms with Crippen LogP contribution in [0.5, 0.6) is 0 Å². The highest BCUT2D eigenvalue weighted by molar-refractivity contribution is 6.21. The maximum Gasteiger partial charge on any atom is 0.420 e. The maximum absolute atomic E-state index is 14.0. The van der Waals surface area contributed by atoms with Gasteiger partial charge in [0.15, 0.2) is 0 Å². The van der Waals surface area contributed by atoms with Gasteiger partial charge in [-0.05, 0) is 71.7 Å². The van der Waals surface area contributed by atoms with Crippen LogP contribution < -0.4 is 11.1 Å². The number of likely N-dealkylation sites (tertiary alicyclic amines) is 1. The molecule has 2 aromatic heterocycles. The highest BCUT2D eigenvalue weighted by Crippen LogP contribution is 2.39. The summed E-state index contributed by atoms with van der Waals surface area (Å²) in [5, 5.41) is 2.76. The molecule has 3 N–H and O–H groups in total. The van der Waals surface area contributed by atoms with Crippen LogP contribution in [-0.4, -0.2) is 40.2 Å². The van der Waals surface area contributed by atoms with Crippen LogP contribution in [0.1, 0.15) is 33.7 Å². The van der Waals surface area contributed by atoms with Gasteiger partial charge in [-0.1, -0.05) is 12.1 Å². The predicted molar refractivity (Wildman–Crippen MR) is 146 cm³/mol. The summed E-state index contributed by atoms with van der Waals surface area (Å²) in [6.07, 6.45) is 0.365. The van der Waals surface area contributed by atoms with E-state index in [1.54, 1.807) is 47.4 Å². The number of nitrogens with two attached hydrogens (primary N) is 1. The molecule has 5 rings (SSSR count). The molecule has 0 radical (unpaired) electrons. The van der Waals surface area contributed by atoms with Gasteiger partial charge in [-0.25, -0.2) is 4.98 Å². The Hall–Kier alpha value is -4.31. The second-order valence-electron chi connectivity index (χ2n) is 9.43. The molecule has 1 fully saturated rings. The van der Waals surface area contributed by atoms with Gasteiger partial charge in [-0.3, -0.25) is 9.59 Å². The summed E-state index contributed by atoms with van der Waals surface area (Å²) in [4.78, 5) is 30.5. The van der Waals surface area contributed by atoms with E-state index in [-0.39, 0.29) is 34.6 Å². The zero-order chi connectivity index (χ0) is 28.4. The molecule has 2 amide bonds. The Bertz CT molecular complexity index is 1580. The van der Waals surface area contributed by atoms with Crippen molar-refractivity contribution in [3.05, 3.63) is 89.3 Å². The Labute approximate surface area is 232 Å². The number of halogens is 4. The highest BCUT2D eigenvalue weighted by Gasteiger charge is 2.35. The number of carbonyl (C=O) groups excluding carboxylic acids is 2. The molecular formula is C29H24ClF3N4O3. The van der Waals surface area contributed by atoms with Crippen molar-refractivity contribution in [3.8, 4) is 11.1 Å². The number of hydrogen-bond acceptors (Lipinski definition) is 5. The summed E-state index contributed by atoms with van der Waals surface area (Å²) in [7, 11) is 0. The van der Waals surface area contributed by atoms with E-state index in [0.29, 0.717) is 41.2 Å². The van der Waals surface area contributed by atoms with Crippen molar-refractivity contribution >= 4 is 46.3 Å². The third-order valence-electron chi connectivity index (χ3n) is 6.53. The summed E-state index contributed by atoms with van der Waals surface area (Å²) in [6, 6.07) is 13.8. The largest absolute Gasteiger partial charge is 0.459 e. The number of anilines is 1. The lowest BCUT2D eigenvalue weighted by Crippen LogP contribution is -2.28. The monoisotopic (exact) mass is 568 g/mol. The molecule has 0 saturated carbocycles. The molecule has 1 aliphatic heterocycles. The molecule has 7 nitrogen and oxygen atoms in total. The van der Waals surface area contributed by atoms with E-state index in [2.05, 4.69) is 10.3 Å². The summed E-state index contributed by atoms with van der Waals surface area (Å²) < 4.78 is 47.5. The SMILES string of the molecule is Nc1ccc(C=CC(=O)NCc2cc3cc(-c4ccc(C(=O)N5CCC(Cl)C5)cc4)cc(C(F)(F)F)c3o2)cn1. The number of benzene rings is 2. The number of nitrogen functional groups attached to an aromatic ring is 1. The van der Waals surface area contributed by atoms with E-state index >= 15 is 0 Å². The molecule has 1 unspecified atom stereocenters. The average Bonchev–Trinajstić information content (AvgIpc) is 3.56. The number of aromatic nitrogens is 1. The molecule has 11 heteroatoms. The van der Waals surface area contributed by atoms with Crippen molar-refractivity contribution in [2.75, 3.05) is 18.8 Å². The van der Waals surface area contributed by atoms with Gasteiger partial charge in [0, 0.05) is 36.3 Å². The lowest BCUT2D eigenvalue weighted by Gasteiger charge is -2.16. The molecule has 0 aliphatic carbocycles. The molecule has 40 heavy (non-hydrogen) atoms. The minimum Gasteiger partial charge on any atom is -0.459 e. The first-order chi connectivity index (χ1) is 19.1. The van der Waals surface area contributed by atoms with E-state index in [1.807, 2.05) is 0 Å². The highest BCUT2D eigenvalue weighted by atomic mass is 35.5. The molecule has 0 bridgehead atoms. The van der Waals surface area contributed by atoms with Gasteiger partial charge in [0.2, 0.25) is 5.91 Å². The Morgan fingerprint density at radius 1 is 1.12 bits per heavy atom. The molecule has 1 aliphatic rings. The lowest BCUT2D eigenvalue weighted by molar-refractivity contribution is -0.136. The maximum atomic E-state index is 14.0. The second kappa shape index (κ2) is 11.1. The van der Waals surface area contributed by atoms with Crippen LogP contribution >= 0.6 is 11.6 Å². The van der Waals surface area contributed by atoms with Crippen molar-refractivity contribution in [3.63, 3.8) is 0 Å². The van der Waals surface area contributed by atoms with Gasteiger partial charge < -0.3 is 20.4 Å². The van der Waals surface area contributed by atoms with Gasteiger partial charge in [0.1, 0.15) is 17.2 Å². The van der Waals surface area contributed by atoms with Gasteiger partial charge in [0.25, 0.3) is 5.91 Å². The third kappa shape index (κ3) is 6.12. The summed E-state index contributed by atoms with van der Waals surface area (Å²) in [5.41, 5.74) is 6.21. The number of nitrogens with zero attached hydrogens (tertiary/aromatic N) is 2. The van der Waals surface area contributed by atoms with Crippen LogP contribution in [-0.2, 0) is 17.5 Å². The zero-order valence-electron chi connectivity index (χ0n) is 21.0. The first kappa shape index (κ1) is 27.3. The minimum atomic E-state index is -4.67. The molecular weight excluding hydrogens is 545 g/mol. The Kier molecular flexibility index (Phi) is 7.53. The molecule has 1 saturated heterocycles. The van der Waals surface area contributed by atoms with E-state index in [9.17, 15) is 22.8 Å². The van der Waals surface area contributed by atoms with Crippen LogP contribution in [0, 0.1) is 0 Å². The first-order valence-electron chi connectivity index (χ1n) is 12.4. The van der Waals surface area contributed by atoms with Gasteiger partial charge in [-0.15, -0.1) is 11.6 Å². The van der Waals surface area contributed by atoms with Crippen molar-refractivity contribution in [1.29, 1.82) is 0 Å². The van der Waals surface area contributed by atoms with E-state index in [0.717, 1.165) is 12.5 Å². The zero-order valence-corrected chi connectivity index (χ0v) is 21.8. The quantitative estimate of drug-likeness (QED) is 0.223. The Morgan fingerprint density at radius 3 is 2.55 bits per heavy atom. The van der Waals surface area contributed by atoms with Gasteiger partial charge >= 0.3 is 6.18 Å². The topological polar surface area (TPSA) is 101 Å². The third-order valence-corrected chi connectivity index (χ3v) is 6.89. The summed E-state index contributed by atoms with van der Waals surface area (Å²) >= 11 is 6.10. The van der Waals surface area contributed by atoms with E-state index in [4.69, 9.17) is 21.8 Å². The number of furan rings is 1. The molecule has 206 valence electrons. The van der Waals surface area contributed by atoms with Crippen molar-refractivity contribution in [2.45, 2.75) is 24.5 Å². The summed E-state index contributed by atoms with van der Waals surface area (Å²) in [6.45, 7) is 0.925.